The van der Waals surface area contributed by atoms with E-state index in [2.05, 4.69) is 20.0 Å². The lowest BCUT2D eigenvalue weighted by Crippen LogP contribution is -2.43. The van der Waals surface area contributed by atoms with Gasteiger partial charge in [-0.25, -0.2) is 9.97 Å². The van der Waals surface area contributed by atoms with E-state index in [9.17, 15) is 13.2 Å². The van der Waals surface area contributed by atoms with Crippen molar-refractivity contribution in [1.29, 1.82) is 0 Å². The highest BCUT2D eigenvalue weighted by atomic mass is 19.4. The Bertz CT molecular complexity index is 361. The van der Waals surface area contributed by atoms with Crippen molar-refractivity contribution < 1.29 is 17.9 Å². The van der Waals surface area contributed by atoms with E-state index in [1.807, 2.05) is 4.90 Å². The summed E-state index contributed by atoms with van der Waals surface area (Å²) >= 11 is 0. The van der Waals surface area contributed by atoms with Crippen LogP contribution in [-0.4, -0.2) is 42.5 Å². The quantitative estimate of drug-likeness (QED) is 0.838. The number of halogens is 3. The number of rotatable bonds is 2. The number of alkyl halides is 3. The number of piperazine rings is 1. The van der Waals surface area contributed by atoms with Crippen LogP contribution in [0.5, 0.6) is 5.88 Å². The van der Waals surface area contributed by atoms with E-state index in [1.54, 1.807) is 0 Å². The fraction of sp³-hybridized carbons (Fsp3) is 0.556. The Morgan fingerprint density at radius 3 is 2.41 bits per heavy atom. The van der Waals surface area contributed by atoms with Crippen molar-refractivity contribution in [3.8, 4) is 5.88 Å². The molecule has 0 spiro atoms. The van der Waals surface area contributed by atoms with E-state index in [4.69, 9.17) is 0 Å². The smallest absolute Gasteiger partial charge is 0.386 e. The molecule has 0 atom stereocenters. The van der Waals surface area contributed by atoms with Gasteiger partial charge < -0.3 is 15.0 Å². The summed E-state index contributed by atoms with van der Waals surface area (Å²) < 4.78 is 39.3. The summed E-state index contributed by atoms with van der Waals surface area (Å²) in [6, 6.07) is 0. The molecule has 0 unspecified atom stereocenters. The number of nitrogens with one attached hydrogen (secondary N) is 1. The Morgan fingerprint density at radius 1 is 1.18 bits per heavy atom. The second kappa shape index (κ2) is 4.74. The first kappa shape index (κ1) is 11.9. The van der Waals surface area contributed by atoms with Crippen molar-refractivity contribution in [2.45, 2.75) is 6.36 Å². The van der Waals surface area contributed by atoms with Gasteiger partial charge >= 0.3 is 6.36 Å². The molecule has 2 heterocycles. The highest BCUT2D eigenvalue weighted by Crippen LogP contribution is 2.21. The summed E-state index contributed by atoms with van der Waals surface area (Å²) in [4.78, 5) is 9.41. The highest BCUT2D eigenvalue weighted by molar-refractivity contribution is 5.37. The Kier molecular flexibility index (Phi) is 3.32. The van der Waals surface area contributed by atoms with Crippen molar-refractivity contribution in [2.75, 3.05) is 31.1 Å². The lowest BCUT2D eigenvalue weighted by atomic mass is 10.3. The van der Waals surface area contributed by atoms with E-state index in [0.29, 0.717) is 5.82 Å². The molecule has 1 aliphatic heterocycles. The van der Waals surface area contributed by atoms with Crippen molar-refractivity contribution in [1.82, 2.24) is 15.3 Å². The zero-order chi connectivity index (χ0) is 12.3. The zero-order valence-corrected chi connectivity index (χ0v) is 8.87. The van der Waals surface area contributed by atoms with Crippen LogP contribution in [0, 0.1) is 0 Å². The van der Waals surface area contributed by atoms with Gasteiger partial charge in [0.05, 0.1) is 12.4 Å². The number of nitrogens with zero attached hydrogens (tertiary/aromatic N) is 3. The fourth-order valence-corrected chi connectivity index (χ4v) is 1.54. The van der Waals surface area contributed by atoms with Gasteiger partial charge in [0.2, 0.25) is 5.88 Å². The Hall–Kier alpha value is -1.57. The molecule has 0 radical (unpaired) electrons. The maximum Gasteiger partial charge on any atom is 0.574 e. The summed E-state index contributed by atoms with van der Waals surface area (Å²) in [6.07, 6.45) is -2.47. The predicted octanol–water partition coefficient (Wildman–Crippen LogP) is 0.785. The summed E-state index contributed by atoms with van der Waals surface area (Å²) in [7, 11) is 0. The van der Waals surface area contributed by atoms with Gasteiger partial charge in [0.25, 0.3) is 0 Å². The number of hydrogen-bond acceptors (Lipinski definition) is 5. The molecule has 1 saturated heterocycles. The highest BCUT2D eigenvalue weighted by Gasteiger charge is 2.32. The zero-order valence-electron chi connectivity index (χ0n) is 8.87. The molecule has 0 aromatic carbocycles. The number of hydrogen-bond donors (Lipinski definition) is 1. The van der Waals surface area contributed by atoms with Gasteiger partial charge in [-0.05, 0) is 0 Å². The van der Waals surface area contributed by atoms with Gasteiger partial charge in [0.15, 0.2) is 0 Å². The van der Waals surface area contributed by atoms with Crippen LogP contribution in [0.15, 0.2) is 12.4 Å². The summed E-state index contributed by atoms with van der Waals surface area (Å²) in [5.74, 6) is 0.0115. The standard InChI is InChI=1S/C9H11F3N4O/c10-9(11,12)17-8-6-14-7(5-15-8)16-3-1-13-2-4-16/h5-6,13H,1-4H2. The predicted molar refractivity (Wildman–Crippen MR) is 53.8 cm³/mol. The normalized spacial score (nSPS) is 17.0. The molecule has 0 saturated carbocycles. The average molecular weight is 248 g/mol. The third-order valence-corrected chi connectivity index (χ3v) is 2.28. The molecule has 1 fully saturated rings. The molecule has 1 aliphatic rings. The Balaban J connectivity index is 2.02. The van der Waals surface area contributed by atoms with Crippen LogP contribution < -0.4 is 15.0 Å². The molecular weight excluding hydrogens is 237 g/mol. The molecule has 8 heteroatoms. The summed E-state index contributed by atoms with van der Waals surface area (Å²) in [5.41, 5.74) is 0. The molecule has 17 heavy (non-hydrogen) atoms. The van der Waals surface area contributed by atoms with Crippen LogP contribution in [0.3, 0.4) is 0 Å². The average Bonchev–Trinajstić information content (AvgIpc) is 2.29. The first-order valence-electron chi connectivity index (χ1n) is 5.08. The van der Waals surface area contributed by atoms with Gasteiger partial charge in [-0.3, -0.25) is 0 Å². The minimum absolute atomic E-state index is 0.545. The van der Waals surface area contributed by atoms with Crippen molar-refractivity contribution in [2.24, 2.45) is 0 Å². The van der Waals surface area contributed by atoms with Crippen LogP contribution >= 0.6 is 0 Å². The molecule has 5 nitrogen and oxygen atoms in total. The topological polar surface area (TPSA) is 50.3 Å². The first-order chi connectivity index (χ1) is 8.04. The molecule has 2 rings (SSSR count). The molecule has 94 valence electrons. The third kappa shape index (κ3) is 3.45. The van der Waals surface area contributed by atoms with E-state index in [1.165, 1.54) is 6.20 Å². The maximum absolute atomic E-state index is 11.9. The van der Waals surface area contributed by atoms with Gasteiger partial charge in [0.1, 0.15) is 5.82 Å². The van der Waals surface area contributed by atoms with Gasteiger partial charge in [-0.15, -0.1) is 13.2 Å². The SMILES string of the molecule is FC(F)(F)Oc1cnc(N2CCNCC2)cn1. The minimum atomic E-state index is -4.73. The van der Waals surface area contributed by atoms with Crippen LogP contribution in [-0.2, 0) is 0 Å². The third-order valence-electron chi connectivity index (χ3n) is 2.28. The molecule has 0 aliphatic carbocycles. The number of ether oxygens (including phenoxy) is 1. The Morgan fingerprint density at radius 2 is 1.88 bits per heavy atom. The molecule has 0 amide bonds. The monoisotopic (exact) mass is 248 g/mol. The molecule has 0 bridgehead atoms. The lowest BCUT2D eigenvalue weighted by Gasteiger charge is -2.27. The first-order valence-corrected chi connectivity index (χ1v) is 5.08. The lowest BCUT2D eigenvalue weighted by molar-refractivity contribution is -0.276. The van der Waals surface area contributed by atoms with E-state index >= 15 is 0 Å². The van der Waals surface area contributed by atoms with E-state index < -0.39 is 12.2 Å². The van der Waals surface area contributed by atoms with Crippen LogP contribution in [0.4, 0.5) is 19.0 Å². The maximum atomic E-state index is 11.9. The summed E-state index contributed by atoms with van der Waals surface area (Å²) in [5, 5.41) is 3.16. The second-order valence-corrected chi connectivity index (χ2v) is 3.50. The van der Waals surface area contributed by atoms with Crippen LogP contribution in [0.2, 0.25) is 0 Å². The number of anilines is 1. The second-order valence-electron chi connectivity index (χ2n) is 3.50. The molecule has 1 aromatic heterocycles. The largest absolute Gasteiger partial charge is 0.574 e. The fourth-order valence-electron chi connectivity index (χ4n) is 1.54. The van der Waals surface area contributed by atoms with E-state index in [0.717, 1.165) is 32.4 Å². The van der Waals surface area contributed by atoms with Crippen molar-refractivity contribution in [3.05, 3.63) is 12.4 Å². The molecule has 1 aromatic rings. The molecule has 1 N–H and O–H groups in total. The number of aromatic nitrogens is 2. The Labute approximate surface area is 95.6 Å². The van der Waals surface area contributed by atoms with Crippen molar-refractivity contribution in [3.63, 3.8) is 0 Å². The minimum Gasteiger partial charge on any atom is -0.386 e. The van der Waals surface area contributed by atoms with Crippen LogP contribution in [0.1, 0.15) is 0 Å². The summed E-state index contributed by atoms with van der Waals surface area (Å²) in [6.45, 7) is 3.16. The van der Waals surface area contributed by atoms with Crippen molar-refractivity contribution >= 4 is 5.82 Å². The van der Waals surface area contributed by atoms with Gasteiger partial charge in [-0.1, -0.05) is 0 Å². The van der Waals surface area contributed by atoms with Crippen LogP contribution in [0.25, 0.3) is 0 Å². The van der Waals surface area contributed by atoms with Gasteiger partial charge in [0, 0.05) is 26.2 Å². The van der Waals surface area contributed by atoms with Gasteiger partial charge in [-0.2, -0.15) is 0 Å². The van der Waals surface area contributed by atoms with E-state index in [-0.39, 0.29) is 0 Å². The molecular formula is C9H11F3N4O.